The summed E-state index contributed by atoms with van der Waals surface area (Å²) in [6.07, 6.45) is 2.45. The van der Waals surface area contributed by atoms with Crippen molar-refractivity contribution in [3.63, 3.8) is 0 Å². The number of Topliss-reactive ketones (excluding diaryl/α,β-unsaturated/α-hetero) is 1. The lowest BCUT2D eigenvalue weighted by Gasteiger charge is -2.15. The Morgan fingerprint density at radius 1 is 0.882 bits per heavy atom. The van der Waals surface area contributed by atoms with E-state index in [1.807, 2.05) is 6.92 Å². The Morgan fingerprint density at radius 3 is 2.12 bits per heavy atom. The van der Waals surface area contributed by atoms with Crippen molar-refractivity contribution in [1.29, 1.82) is 0 Å². The molecule has 2 aromatic rings. The van der Waals surface area contributed by atoms with Gasteiger partial charge in [-0.3, -0.25) is 25.2 Å². The third-order valence-corrected chi connectivity index (χ3v) is 7.28. The third-order valence-electron chi connectivity index (χ3n) is 5.36. The van der Waals surface area contributed by atoms with E-state index in [2.05, 4.69) is 10.9 Å². The standard InChI is InChI=1S/C24H29N3O6S/c1-2-17-33-20-9-5-18(6-10-20)22(28)13-14-23(29)25-26-24(30)19-7-11-21(12-8-19)34(31,32)27-15-3-4-16-27/h5-12H,2-4,13-17H2,1H3,(H,25,29)(H,26,30). The maximum atomic E-state index is 12.6. The molecule has 2 N–H and O–H groups in total. The molecule has 3 rings (SSSR count). The van der Waals surface area contributed by atoms with E-state index < -0.39 is 21.8 Å². The van der Waals surface area contributed by atoms with Crippen molar-refractivity contribution in [3.05, 3.63) is 59.7 Å². The lowest BCUT2D eigenvalue weighted by atomic mass is 10.1. The van der Waals surface area contributed by atoms with Crippen LogP contribution in [0.4, 0.5) is 0 Å². The van der Waals surface area contributed by atoms with Gasteiger partial charge in [0.2, 0.25) is 15.9 Å². The smallest absolute Gasteiger partial charge is 0.269 e. The molecule has 34 heavy (non-hydrogen) atoms. The van der Waals surface area contributed by atoms with Gasteiger partial charge in [0.05, 0.1) is 11.5 Å². The summed E-state index contributed by atoms with van der Waals surface area (Å²) < 4.78 is 32.0. The lowest BCUT2D eigenvalue weighted by Crippen LogP contribution is -2.41. The molecule has 0 bridgehead atoms. The molecule has 1 heterocycles. The molecule has 0 radical (unpaired) electrons. The largest absolute Gasteiger partial charge is 0.494 e. The van der Waals surface area contributed by atoms with Crippen LogP contribution < -0.4 is 15.6 Å². The van der Waals surface area contributed by atoms with Gasteiger partial charge in [-0.2, -0.15) is 4.31 Å². The van der Waals surface area contributed by atoms with Gasteiger partial charge in [0.15, 0.2) is 5.78 Å². The van der Waals surface area contributed by atoms with Gasteiger partial charge in [-0.25, -0.2) is 8.42 Å². The van der Waals surface area contributed by atoms with Crippen LogP contribution in [0.3, 0.4) is 0 Å². The number of amides is 2. The fraction of sp³-hybridized carbons (Fsp3) is 0.375. The second kappa shape index (κ2) is 11.8. The fourth-order valence-corrected chi connectivity index (χ4v) is 4.96. The van der Waals surface area contributed by atoms with Gasteiger partial charge < -0.3 is 4.74 Å². The maximum Gasteiger partial charge on any atom is 0.269 e. The minimum atomic E-state index is -3.56. The fourth-order valence-electron chi connectivity index (χ4n) is 3.45. The highest BCUT2D eigenvalue weighted by molar-refractivity contribution is 7.89. The minimum Gasteiger partial charge on any atom is -0.494 e. The van der Waals surface area contributed by atoms with Crippen LogP contribution in [0.2, 0.25) is 0 Å². The van der Waals surface area contributed by atoms with Crippen molar-refractivity contribution in [2.75, 3.05) is 19.7 Å². The molecular weight excluding hydrogens is 458 g/mol. The van der Waals surface area contributed by atoms with Crippen LogP contribution in [0.5, 0.6) is 5.75 Å². The SMILES string of the molecule is CCCOc1ccc(C(=O)CCC(=O)NNC(=O)c2ccc(S(=O)(=O)N3CCCC3)cc2)cc1. The summed E-state index contributed by atoms with van der Waals surface area (Å²) in [7, 11) is -3.56. The average molecular weight is 488 g/mol. The average Bonchev–Trinajstić information content (AvgIpc) is 3.41. The van der Waals surface area contributed by atoms with Crippen molar-refractivity contribution in [2.24, 2.45) is 0 Å². The van der Waals surface area contributed by atoms with Crippen LogP contribution in [-0.2, 0) is 14.8 Å². The van der Waals surface area contributed by atoms with Crippen LogP contribution in [0.1, 0.15) is 59.7 Å². The first kappa shape index (κ1) is 25.4. The van der Waals surface area contributed by atoms with Gasteiger partial charge in [0.1, 0.15) is 5.75 Å². The molecule has 0 aromatic heterocycles. The highest BCUT2D eigenvalue weighted by atomic mass is 32.2. The van der Waals surface area contributed by atoms with E-state index in [9.17, 15) is 22.8 Å². The highest BCUT2D eigenvalue weighted by Gasteiger charge is 2.27. The van der Waals surface area contributed by atoms with E-state index in [-0.39, 0.29) is 29.1 Å². The Bertz CT molecular complexity index is 1110. The number of carbonyl (C=O) groups excluding carboxylic acids is 3. The van der Waals surface area contributed by atoms with Crippen LogP contribution >= 0.6 is 0 Å². The number of sulfonamides is 1. The molecule has 0 saturated carbocycles. The van der Waals surface area contributed by atoms with Gasteiger partial charge in [0.25, 0.3) is 5.91 Å². The number of ether oxygens (including phenoxy) is 1. The molecule has 1 aliphatic heterocycles. The van der Waals surface area contributed by atoms with Gasteiger partial charge in [-0.15, -0.1) is 0 Å². The first-order chi connectivity index (χ1) is 16.3. The summed E-state index contributed by atoms with van der Waals surface area (Å²) in [5.74, 6) is -0.621. The number of nitrogens with one attached hydrogen (secondary N) is 2. The van der Waals surface area contributed by atoms with Crippen molar-refractivity contribution < 1.29 is 27.5 Å². The first-order valence-corrected chi connectivity index (χ1v) is 12.7. The highest BCUT2D eigenvalue weighted by Crippen LogP contribution is 2.21. The molecular formula is C24H29N3O6S. The molecule has 0 aliphatic carbocycles. The predicted molar refractivity (Wildman–Crippen MR) is 126 cm³/mol. The summed E-state index contributed by atoms with van der Waals surface area (Å²) in [6, 6.07) is 12.3. The zero-order valence-corrected chi connectivity index (χ0v) is 19.9. The number of rotatable bonds is 10. The molecule has 0 atom stereocenters. The zero-order valence-electron chi connectivity index (χ0n) is 19.1. The molecule has 2 aromatic carbocycles. The summed E-state index contributed by atoms with van der Waals surface area (Å²) in [5, 5.41) is 0. The molecule has 2 amide bonds. The van der Waals surface area contributed by atoms with Crippen molar-refractivity contribution in [2.45, 2.75) is 43.9 Å². The topological polar surface area (TPSA) is 122 Å². The Hall–Kier alpha value is -3.24. The Balaban J connectivity index is 1.44. The number of nitrogens with zero attached hydrogens (tertiary/aromatic N) is 1. The number of hydrogen-bond acceptors (Lipinski definition) is 6. The maximum absolute atomic E-state index is 12.6. The monoisotopic (exact) mass is 487 g/mol. The zero-order chi connectivity index (χ0) is 24.6. The Kier molecular flexibility index (Phi) is 8.78. The molecule has 182 valence electrons. The normalized spacial score (nSPS) is 13.9. The quantitative estimate of drug-likeness (QED) is 0.393. The van der Waals surface area contributed by atoms with Crippen molar-refractivity contribution in [1.82, 2.24) is 15.2 Å². The molecule has 0 spiro atoms. The van der Waals surface area contributed by atoms with Gasteiger partial charge in [-0.05, 0) is 67.8 Å². The van der Waals surface area contributed by atoms with Crippen LogP contribution in [0, 0.1) is 0 Å². The number of hydrazine groups is 1. The molecule has 0 unspecified atom stereocenters. The van der Waals surface area contributed by atoms with E-state index in [1.165, 1.54) is 28.6 Å². The lowest BCUT2D eigenvalue weighted by molar-refractivity contribution is -0.121. The second-order valence-electron chi connectivity index (χ2n) is 7.93. The van der Waals surface area contributed by atoms with E-state index >= 15 is 0 Å². The molecule has 10 heteroatoms. The number of benzene rings is 2. The predicted octanol–water partition coefficient (Wildman–Crippen LogP) is 2.68. The summed E-state index contributed by atoms with van der Waals surface area (Å²) in [6.45, 7) is 3.60. The number of carbonyl (C=O) groups is 3. The number of hydrogen-bond donors (Lipinski definition) is 2. The van der Waals surface area contributed by atoms with E-state index in [0.29, 0.717) is 31.0 Å². The van der Waals surface area contributed by atoms with Crippen molar-refractivity contribution >= 4 is 27.6 Å². The summed E-state index contributed by atoms with van der Waals surface area (Å²) in [5.41, 5.74) is 5.22. The van der Waals surface area contributed by atoms with Gasteiger partial charge in [0, 0.05) is 37.1 Å². The molecule has 1 fully saturated rings. The second-order valence-corrected chi connectivity index (χ2v) is 9.87. The molecule has 1 saturated heterocycles. The van der Waals surface area contributed by atoms with Crippen LogP contribution in [0.15, 0.2) is 53.4 Å². The van der Waals surface area contributed by atoms with Crippen LogP contribution in [-0.4, -0.2) is 50.0 Å². The first-order valence-electron chi connectivity index (χ1n) is 11.3. The van der Waals surface area contributed by atoms with Gasteiger partial charge >= 0.3 is 0 Å². The van der Waals surface area contributed by atoms with Gasteiger partial charge in [-0.1, -0.05) is 6.92 Å². The Morgan fingerprint density at radius 2 is 1.50 bits per heavy atom. The third kappa shape index (κ3) is 6.64. The molecule has 1 aliphatic rings. The molecule has 9 nitrogen and oxygen atoms in total. The van der Waals surface area contributed by atoms with E-state index in [4.69, 9.17) is 4.74 Å². The summed E-state index contributed by atoms with van der Waals surface area (Å²) >= 11 is 0. The minimum absolute atomic E-state index is 0.0140. The summed E-state index contributed by atoms with van der Waals surface area (Å²) in [4.78, 5) is 36.7. The van der Waals surface area contributed by atoms with E-state index in [0.717, 1.165) is 19.3 Å². The van der Waals surface area contributed by atoms with E-state index in [1.54, 1.807) is 24.3 Å². The van der Waals surface area contributed by atoms with Crippen LogP contribution in [0.25, 0.3) is 0 Å². The number of ketones is 1. The Labute approximate surface area is 199 Å². The van der Waals surface area contributed by atoms with Crippen molar-refractivity contribution in [3.8, 4) is 5.75 Å².